The molecule has 0 aliphatic rings. The van der Waals surface area contributed by atoms with Crippen LogP contribution >= 0.6 is 15.9 Å². The van der Waals surface area contributed by atoms with Gasteiger partial charge in [0.2, 0.25) is 0 Å². The summed E-state index contributed by atoms with van der Waals surface area (Å²) < 4.78 is 39.7. The van der Waals surface area contributed by atoms with E-state index < -0.39 is 15.8 Å². The topological polar surface area (TPSA) is 52.0 Å². The van der Waals surface area contributed by atoms with Crippen LogP contribution in [0.4, 0.5) is 4.39 Å². The molecular formula is C13H8BrFN2O2S. The van der Waals surface area contributed by atoms with Crippen molar-refractivity contribution in [3.05, 3.63) is 59.1 Å². The standard InChI is InChI=1S/C13H8BrFN2O2S/c14-12-10-6-7-17(13(10)16-8-11(12)15)20(18,19)9-4-2-1-3-5-9/h1-8H. The second-order valence-electron chi connectivity index (χ2n) is 4.09. The van der Waals surface area contributed by atoms with Crippen molar-refractivity contribution < 1.29 is 12.8 Å². The van der Waals surface area contributed by atoms with Gasteiger partial charge in [-0.15, -0.1) is 0 Å². The van der Waals surface area contributed by atoms with Crippen molar-refractivity contribution in [2.45, 2.75) is 4.90 Å². The molecule has 0 radical (unpaired) electrons. The van der Waals surface area contributed by atoms with Gasteiger partial charge in [-0.2, -0.15) is 0 Å². The molecule has 0 bridgehead atoms. The van der Waals surface area contributed by atoms with E-state index in [4.69, 9.17) is 0 Å². The van der Waals surface area contributed by atoms with Gasteiger partial charge >= 0.3 is 0 Å². The van der Waals surface area contributed by atoms with E-state index in [2.05, 4.69) is 20.9 Å². The Balaban J connectivity index is 2.29. The molecule has 2 aromatic heterocycles. The summed E-state index contributed by atoms with van der Waals surface area (Å²) in [4.78, 5) is 4.02. The summed E-state index contributed by atoms with van der Waals surface area (Å²) >= 11 is 3.09. The minimum absolute atomic E-state index is 0.153. The van der Waals surface area contributed by atoms with Crippen LogP contribution in [0.2, 0.25) is 0 Å². The first-order valence-electron chi connectivity index (χ1n) is 5.63. The number of hydrogen-bond acceptors (Lipinski definition) is 3. The van der Waals surface area contributed by atoms with Gasteiger partial charge in [0.1, 0.15) is 0 Å². The number of pyridine rings is 1. The molecule has 0 saturated carbocycles. The summed E-state index contributed by atoms with van der Waals surface area (Å²) in [7, 11) is -3.74. The SMILES string of the molecule is O=S(=O)(c1ccccc1)n1ccc2c(Br)c(F)cnc21. The van der Waals surface area contributed by atoms with Crippen LogP contribution in [0.5, 0.6) is 0 Å². The van der Waals surface area contributed by atoms with Gasteiger partial charge in [0.25, 0.3) is 10.0 Å². The Morgan fingerprint density at radius 3 is 2.55 bits per heavy atom. The van der Waals surface area contributed by atoms with Crippen LogP contribution in [0.1, 0.15) is 0 Å². The highest BCUT2D eigenvalue weighted by atomic mass is 79.9. The molecule has 3 aromatic rings. The van der Waals surface area contributed by atoms with Crippen LogP contribution in [0.3, 0.4) is 0 Å². The normalized spacial score (nSPS) is 11.9. The van der Waals surface area contributed by atoms with Crippen molar-refractivity contribution in [1.82, 2.24) is 8.96 Å². The fraction of sp³-hybridized carbons (Fsp3) is 0. The molecule has 4 nitrogen and oxygen atoms in total. The fourth-order valence-corrected chi connectivity index (χ4v) is 3.64. The molecule has 3 rings (SSSR count). The molecule has 7 heteroatoms. The Hall–Kier alpha value is -1.73. The van der Waals surface area contributed by atoms with Crippen LogP contribution in [-0.4, -0.2) is 17.4 Å². The van der Waals surface area contributed by atoms with Crippen LogP contribution in [0, 0.1) is 5.82 Å². The maximum atomic E-state index is 13.4. The van der Waals surface area contributed by atoms with Gasteiger partial charge < -0.3 is 0 Å². The largest absolute Gasteiger partial charge is 0.269 e. The van der Waals surface area contributed by atoms with Gasteiger partial charge in [-0.3, -0.25) is 0 Å². The van der Waals surface area contributed by atoms with Gasteiger partial charge in [0.15, 0.2) is 11.5 Å². The number of benzene rings is 1. The summed E-state index contributed by atoms with van der Waals surface area (Å²) in [6, 6.07) is 9.52. The summed E-state index contributed by atoms with van der Waals surface area (Å²) in [6.45, 7) is 0. The number of hydrogen-bond donors (Lipinski definition) is 0. The van der Waals surface area contributed by atoms with Gasteiger partial charge in [-0.05, 0) is 34.1 Å². The van der Waals surface area contributed by atoms with Crippen LogP contribution in [0.15, 0.2) is 58.2 Å². The molecule has 2 heterocycles. The summed E-state index contributed by atoms with van der Waals surface area (Å²) in [5.74, 6) is -0.535. The molecule has 0 saturated heterocycles. The Morgan fingerprint density at radius 2 is 1.85 bits per heavy atom. The lowest BCUT2D eigenvalue weighted by atomic mass is 10.3. The molecular weight excluding hydrogens is 347 g/mol. The van der Waals surface area contributed by atoms with Gasteiger partial charge in [-0.25, -0.2) is 21.8 Å². The molecule has 0 N–H and O–H groups in total. The third-order valence-electron chi connectivity index (χ3n) is 2.87. The minimum Gasteiger partial charge on any atom is -0.234 e. The predicted octanol–water partition coefficient (Wildman–Crippen LogP) is 3.17. The van der Waals surface area contributed by atoms with Gasteiger partial charge in [0, 0.05) is 11.6 Å². The van der Waals surface area contributed by atoms with Crippen molar-refractivity contribution in [2.24, 2.45) is 0 Å². The zero-order chi connectivity index (χ0) is 14.3. The maximum Gasteiger partial charge on any atom is 0.269 e. The van der Waals surface area contributed by atoms with E-state index in [1.807, 2.05) is 0 Å². The molecule has 0 amide bonds. The predicted molar refractivity (Wildman–Crippen MR) is 76.4 cm³/mol. The quantitative estimate of drug-likeness (QED) is 0.710. The number of aromatic nitrogens is 2. The minimum atomic E-state index is -3.74. The first-order valence-corrected chi connectivity index (χ1v) is 7.87. The molecule has 0 unspecified atom stereocenters. The van der Waals surface area contributed by atoms with Crippen molar-refractivity contribution in [2.75, 3.05) is 0 Å². The lowest BCUT2D eigenvalue weighted by Crippen LogP contribution is -2.12. The van der Waals surface area contributed by atoms with E-state index in [0.29, 0.717) is 5.39 Å². The van der Waals surface area contributed by atoms with Crippen LogP contribution in [-0.2, 0) is 10.0 Å². The van der Waals surface area contributed by atoms with Crippen molar-refractivity contribution in [3.8, 4) is 0 Å². The highest BCUT2D eigenvalue weighted by molar-refractivity contribution is 9.10. The molecule has 0 fully saturated rings. The Morgan fingerprint density at radius 1 is 1.15 bits per heavy atom. The van der Waals surface area contributed by atoms with Crippen molar-refractivity contribution in [1.29, 1.82) is 0 Å². The third-order valence-corrected chi connectivity index (χ3v) is 5.36. The van der Waals surface area contributed by atoms with Gasteiger partial charge in [0.05, 0.1) is 15.6 Å². The summed E-state index contributed by atoms with van der Waals surface area (Å²) in [5.41, 5.74) is 0.183. The molecule has 20 heavy (non-hydrogen) atoms. The average Bonchev–Trinajstić information content (AvgIpc) is 2.89. The van der Waals surface area contributed by atoms with Crippen molar-refractivity contribution >= 4 is 37.0 Å². The molecule has 0 aliphatic carbocycles. The zero-order valence-electron chi connectivity index (χ0n) is 9.99. The summed E-state index contributed by atoms with van der Waals surface area (Å²) in [6.07, 6.45) is 2.35. The first kappa shape index (κ1) is 13.3. The number of fused-ring (bicyclic) bond motifs is 1. The number of halogens is 2. The molecule has 0 aliphatic heterocycles. The van der Waals surface area contributed by atoms with E-state index in [0.717, 1.165) is 10.2 Å². The maximum absolute atomic E-state index is 13.4. The number of nitrogens with zero attached hydrogens (tertiary/aromatic N) is 2. The number of rotatable bonds is 2. The van der Waals surface area contributed by atoms with Gasteiger partial charge in [-0.1, -0.05) is 18.2 Å². The molecule has 0 spiro atoms. The molecule has 1 aromatic carbocycles. The lowest BCUT2D eigenvalue weighted by molar-refractivity contribution is 0.588. The van der Waals surface area contributed by atoms with E-state index in [-0.39, 0.29) is 15.0 Å². The first-order chi connectivity index (χ1) is 9.51. The fourth-order valence-electron chi connectivity index (χ4n) is 1.91. The highest BCUT2D eigenvalue weighted by Crippen LogP contribution is 2.28. The van der Waals surface area contributed by atoms with Crippen molar-refractivity contribution in [3.63, 3.8) is 0 Å². The summed E-state index contributed by atoms with van der Waals surface area (Å²) in [5, 5.41) is 0.407. The molecule has 0 atom stereocenters. The van der Waals surface area contributed by atoms with E-state index in [1.165, 1.54) is 24.4 Å². The second kappa shape index (κ2) is 4.68. The van der Waals surface area contributed by atoms with E-state index >= 15 is 0 Å². The van der Waals surface area contributed by atoms with E-state index in [9.17, 15) is 12.8 Å². The molecule has 102 valence electrons. The smallest absolute Gasteiger partial charge is 0.234 e. The van der Waals surface area contributed by atoms with E-state index in [1.54, 1.807) is 18.2 Å². The third kappa shape index (κ3) is 1.94. The Bertz CT molecular complexity index is 891. The average molecular weight is 355 g/mol. The van der Waals surface area contributed by atoms with Crippen LogP contribution in [0.25, 0.3) is 11.0 Å². The highest BCUT2D eigenvalue weighted by Gasteiger charge is 2.20. The zero-order valence-corrected chi connectivity index (χ0v) is 12.4. The monoisotopic (exact) mass is 354 g/mol. The second-order valence-corrected chi connectivity index (χ2v) is 6.69. The van der Waals surface area contributed by atoms with Crippen LogP contribution < -0.4 is 0 Å². The Labute approximate surface area is 123 Å². The lowest BCUT2D eigenvalue weighted by Gasteiger charge is -2.07. The Kier molecular flexibility index (Phi) is 3.10.